The molecular weight excluding hydrogens is 318 g/mol. The lowest BCUT2D eigenvalue weighted by Gasteiger charge is -2.33. The predicted octanol–water partition coefficient (Wildman–Crippen LogP) is 2.14. The number of benzene rings is 1. The highest BCUT2D eigenvalue weighted by molar-refractivity contribution is 5.80. The third kappa shape index (κ3) is 5.66. The zero-order chi connectivity index (χ0) is 18.2. The van der Waals surface area contributed by atoms with Gasteiger partial charge in [-0.1, -0.05) is 12.1 Å². The van der Waals surface area contributed by atoms with Gasteiger partial charge in [0, 0.05) is 33.7 Å². The van der Waals surface area contributed by atoms with Crippen LogP contribution in [0.15, 0.2) is 24.3 Å². The zero-order valence-corrected chi connectivity index (χ0v) is 15.5. The van der Waals surface area contributed by atoms with E-state index in [4.69, 9.17) is 4.74 Å². The number of nitrogens with one attached hydrogen (secondary N) is 1. The molecule has 138 valence electrons. The number of carbonyl (C=O) groups excluding carboxylic acids is 2. The Labute approximate surface area is 150 Å². The van der Waals surface area contributed by atoms with Crippen LogP contribution in [0.25, 0.3) is 0 Å². The second-order valence-corrected chi connectivity index (χ2v) is 6.58. The highest BCUT2D eigenvalue weighted by Crippen LogP contribution is 2.18. The van der Waals surface area contributed by atoms with Crippen LogP contribution < -0.4 is 10.1 Å². The Morgan fingerprint density at radius 3 is 2.64 bits per heavy atom. The molecule has 0 spiro atoms. The minimum absolute atomic E-state index is 0.0214. The summed E-state index contributed by atoms with van der Waals surface area (Å²) in [5.41, 5.74) is 1.16. The first kappa shape index (κ1) is 19.1. The van der Waals surface area contributed by atoms with Crippen LogP contribution in [0.1, 0.15) is 25.3 Å². The van der Waals surface area contributed by atoms with E-state index in [2.05, 4.69) is 5.32 Å². The topological polar surface area (TPSA) is 61.9 Å². The van der Waals surface area contributed by atoms with Crippen molar-refractivity contribution in [3.63, 3.8) is 0 Å². The molecule has 1 aromatic rings. The number of urea groups is 1. The summed E-state index contributed by atoms with van der Waals surface area (Å²) in [5, 5.41) is 3.01. The molecule has 6 heteroatoms. The Balaban J connectivity index is 1.76. The molecule has 0 bridgehead atoms. The van der Waals surface area contributed by atoms with Crippen LogP contribution in [-0.2, 0) is 11.2 Å². The van der Waals surface area contributed by atoms with Crippen LogP contribution in [0.3, 0.4) is 0 Å². The van der Waals surface area contributed by atoms with E-state index in [1.165, 1.54) is 0 Å². The fourth-order valence-corrected chi connectivity index (χ4v) is 3.04. The number of carbonyl (C=O) groups is 2. The molecule has 1 aromatic carbocycles. The SMILES string of the molecule is CCOc1ccc(CCNC(=O)C2CCCN(C(=O)N(C)C)C2)cc1. The molecule has 1 saturated heterocycles. The van der Waals surface area contributed by atoms with Crippen molar-refractivity contribution in [2.24, 2.45) is 5.92 Å². The average Bonchev–Trinajstić information content (AvgIpc) is 2.62. The molecule has 1 aliphatic heterocycles. The maximum Gasteiger partial charge on any atom is 0.319 e. The molecule has 0 aromatic heterocycles. The third-order valence-corrected chi connectivity index (χ3v) is 4.39. The number of hydrogen-bond donors (Lipinski definition) is 1. The van der Waals surface area contributed by atoms with Crippen molar-refractivity contribution in [3.8, 4) is 5.75 Å². The van der Waals surface area contributed by atoms with E-state index in [0.717, 1.165) is 37.1 Å². The lowest BCUT2D eigenvalue weighted by molar-refractivity contribution is -0.126. The number of amides is 3. The summed E-state index contributed by atoms with van der Waals surface area (Å²) in [6, 6.07) is 7.93. The molecule has 1 heterocycles. The van der Waals surface area contributed by atoms with Crippen molar-refractivity contribution >= 4 is 11.9 Å². The molecule has 1 aliphatic rings. The van der Waals surface area contributed by atoms with Crippen molar-refractivity contribution in [3.05, 3.63) is 29.8 Å². The van der Waals surface area contributed by atoms with Gasteiger partial charge in [-0.2, -0.15) is 0 Å². The highest BCUT2D eigenvalue weighted by atomic mass is 16.5. The highest BCUT2D eigenvalue weighted by Gasteiger charge is 2.28. The number of ether oxygens (including phenoxy) is 1. The van der Waals surface area contributed by atoms with E-state index >= 15 is 0 Å². The van der Waals surface area contributed by atoms with Crippen LogP contribution >= 0.6 is 0 Å². The second kappa shape index (κ2) is 9.30. The molecule has 6 nitrogen and oxygen atoms in total. The lowest BCUT2D eigenvalue weighted by atomic mass is 9.97. The normalized spacial score (nSPS) is 17.1. The Kier molecular flexibility index (Phi) is 7.10. The first-order chi connectivity index (χ1) is 12.0. The van der Waals surface area contributed by atoms with Crippen LogP contribution in [0.2, 0.25) is 0 Å². The van der Waals surface area contributed by atoms with E-state index < -0.39 is 0 Å². The first-order valence-electron chi connectivity index (χ1n) is 8.97. The lowest BCUT2D eigenvalue weighted by Crippen LogP contribution is -2.48. The largest absolute Gasteiger partial charge is 0.494 e. The third-order valence-electron chi connectivity index (χ3n) is 4.39. The summed E-state index contributed by atoms with van der Waals surface area (Å²) in [5.74, 6) is 0.795. The van der Waals surface area contributed by atoms with Crippen LogP contribution in [-0.4, -0.2) is 62.1 Å². The first-order valence-corrected chi connectivity index (χ1v) is 8.97. The van der Waals surface area contributed by atoms with Gasteiger partial charge in [0.15, 0.2) is 0 Å². The van der Waals surface area contributed by atoms with Gasteiger partial charge in [-0.25, -0.2) is 4.79 Å². The number of rotatable bonds is 6. The maximum atomic E-state index is 12.4. The quantitative estimate of drug-likeness (QED) is 0.858. The van der Waals surface area contributed by atoms with Gasteiger partial charge in [0.25, 0.3) is 0 Å². The standard InChI is InChI=1S/C19H29N3O3/c1-4-25-17-9-7-15(8-10-17)11-12-20-18(23)16-6-5-13-22(14-16)19(24)21(2)3/h7-10,16H,4-6,11-14H2,1-3H3,(H,20,23). The molecule has 1 atom stereocenters. The Bertz CT molecular complexity index is 572. The molecule has 1 unspecified atom stereocenters. The number of hydrogen-bond acceptors (Lipinski definition) is 3. The van der Waals surface area contributed by atoms with Crippen molar-refractivity contribution in [2.45, 2.75) is 26.2 Å². The van der Waals surface area contributed by atoms with Crippen LogP contribution in [0.5, 0.6) is 5.75 Å². The molecular formula is C19H29N3O3. The maximum absolute atomic E-state index is 12.4. The summed E-state index contributed by atoms with van der Waals surface area (Å²) < 4.78 is 5.42. The van der Waals surface area contributed by atoms with Gasteiger partial charge in [0.2, 0.25) is 5.91 Å². The Morgan fingerprint density at radius 2 is 2.00 bits per heavy atom. The fraction of sp³-hybridized carbons (Fsp3) is 0.579. The van der Waals surface area contributed by atoms with E-state index in [1.807, 2.05) is 31.2 Å². The van der Waals surface area contributed by atoms with Crippen molar-refractivity contribution in [1.29, 1.82) is 0 Å². The molecule has 1 fully saturated rings. The summed E-state index contributed by atoms with van der Waals surface area (Å²) >= 11 is 0. The van der Waals surface area contributed by atoms with Gasteiger partial charge < -0.3 is 19.9 Å². The number of piperidine rings is 1. The van der Waals surface area contributed by atoms with Crippen LogP contribution in [0, 0.1) is 5.92 Å². The smallest absolute Gasteiger partial charge is 0.319 e. The molecule has 2 rings (SSSR count). The van der Waals surface area contributed by atoms with Gasteiger partial charge in [-0.15, -0.1) is 0 Å². The number of nitrogens with zero attached hydrogens (tertiary/aromatic N) is 2. The summed E-state index contributed by atoms with van der Waals surface area (Å²) in [6.07, 6.45) is 2.49. The Hall–Kier alpha value is -2.24. The van der Waals surface area contributed by atoms with Crippen molar-refractivity contribution in [1.82, 2.24) is 15.1 Å². The molecule has 25 heavy (non-hydrogen) atoms. The van der Waals surface area contributed by atoms with Gasteiger partial charge in [-0.3, -0.25) is 4.79 Å². The minimum atomic E-state index is -0.113. The molecule has 0 saturated carbocycles. The van der Waals surface area contributed by atoms with Gasteiger partial charge in [-0.05, 0) is 43.9 Å². The van der Waals surface area contributed by atoms with E-state index in [1.54, 1.807) is 23.9 Å². The van der Waals surface area contributed by atoms with Crippen molar-refractivity contribution in [2.75, 3.05) is 40.3 Å². The summed E-state index contributed by atoms with van der Waals surface area (Å²) in [6.45, 7) is 4.45. The second-order valence-electron chi connectivity index (χ2n) is 6.58. The zero-order valence-electron chi connectivity index (χ0n) is 15.5. The van der Waals surface area contributed by atoms with Gasteiger partial charge in [0.1, 0.15) is 5.75 Å². The summed E-state index contributed by atoms with van der Waals surface area (Å²) in [4.78, 5) is 27.8. The molecule has 1 N–H and O–H groups in total. The van der Waals surface area contributed by atoms with Gasteiger partial charge in [0.05, 0.1) is 12.5 Å². The predicted molar refractivity (Wildman–Crippen MR) is 97.7 cm³/mol. The summed E-state index contributed by atoms with van der Waals surface area (Å²) in [7, 11) is 3.48. The van der Waals surface area contributed by atoms with Crippen molar-refractivity contribution < 1.29 is 14.3 Å². The van der Waals surface area contributed by atoms with Gasteiger partial charge >= 0.3 is 6.03 Å². The monoisotopic (exact) mass is 347 g/mol. The van der Waals surface area contributed by atoms with Crippen LogP contribution in [0.4, 0.5) is 4.79 Å². The molecule has 0 radical (unpaired) electrons. The van der Waals surface area contributed by atoms with E-state index in [-0.39, 0.29) is 17.9 Å². The molecule has 0 aliphatic carbocycles. The van der Waals surface area contributed by atoms with E-state index in [9.17, 15) is 9.59 Å². The average molecular weight is 347 g/mol. The van der Waals surface area contributed by atoms with E-state index in [0.29, 0.717) is 19.7 Å². The number of likely N-dealkylation sites (tertiary alicyclic amines) is 1. The fourth-order valence-electron chi connectivity index (χ4n) is 3.04. The minimum Gasteiger partial charge on any atom is -0.494 e. The Morgan fingerprint density at radius 1 is 1.28 bits per heavy atom. The molecule has 3 amide bonds.